The Morgan fingerprint density at radius 1 is 1.00 bits per heavy atom. The molecule has 3 saturated carbocycles. The van der Waals surface area contributed by atoms with E-state index in [1.54, 1.807) is 0 Å². The maximum Gasteiger partial charge on any atom is 0.114 e. The van der Waals surface area contributed by atoms with Crippen molar-refractivity contribution >= 4 is 0 Å². The lowest BCUT2D eigenvalue weighted by Crippen LogP contribution is -2.52. The molecule has 3 rings (SSSR count). The van der Waals surface area contributed by atoms with E-state index in [9.17, 15) is 20.4 Å². The summed E-state index contributed by atoms with van der Waals surface area (Å²) in [5, 5.41) is 41.1. The lowest BCUT2D eigenvalue weighted by Gasteiger charge is -2.42. The summed E-state index contributed by atoms with van der Waals surface area (Å²) in [5.74, 6) is 1.28. The topological polar surface area (TPSA) is 80.9 Å². The van der Waals surface area contributed by atoms with Crippen LogP contribution in [0.3, 0.4) is 0 Å². The van der Waals surface area contributed by atoms with Crippen molar-refractivity contribution in [2.45, 2.75) is 115 Å². The zero-order valence-corrected chi connectivity index (χ0v) is 21.1. The normalized spacial score (nSPS) is 39.0. The highest BCUT2D eigenvalue weighted by Crippen LogP contribution is 2.58. The van der Waals surface area contributed by atoms with Gasteiger partial charge in [-0.2, -0.15) is 0 Å². The summed E-state index contributed by atoms with van der Waals surface area (Å²) in [6.07, 6.45) is 20.3. The number of allylic oxidation sites excluding steroid dienone is 6. The van der Waals surface area contributed by atoms with Crippen LogP contribution in [-0.4, -0.2) is 43.8 Å². The number of hydrogen-bond donors (Lipinski definition) is 4. The van der Waals surface area contributed by atoms with Crippen molar-refractivity contribution in [1.29, 1.82) is 0 Å². The average molecular weight is 459 g/mol. The maximum absolute atomic E-state index is 10.4. The molecule has 0 amide bonds. The Bertz CT molecular complexity index is 769. The van der Waals surface area contributed by atoms with Gasteiger partial charge in [0, 0.05) is 0 Å². The van der Waals surface area contributed by atoms with Crippen LogP contribution in [0.4, 0.5) is 0 Å². The lowest BCUT2D eigenvalue weighted by molar-refractivity contribution is -0.144. The Hall–Kier alpha value is -1.20. The van der Waals surface area contributed by atoms with Crippen LogP contribution >= 0.6 is 0 Å². The number of hydrogen-bond acceptors (Lipinski definition) is 4. The predicted octanol–water partition coefficient (Wildman–Crippen LogP) is 5.38. The van der Waals surface area contributed by atoms with Gasteiger partial charge in [0.15, 0.2) is 0 Å². The van der Waals surface area contributed by atoms with Crippen molar-refractivity contribution in [2.24, 2.45) is 17.3 Å². The minimum Gasteiger partial charge on any atom is -0.390 e. The first-order valence-electron chi connectivity index (χ1n) is 13.1. The monoisotopic (exact) mass is 458 g/mol. The molecular weight excluding hydrogens is 412 g/mol. The molecule has 3 unspecified atom stereocenters. The fraction of sp³-hybridized carbons (Fsp3) is 0.724. The van der Waals surface area contributed by atoms with Gasteiger partial charge in [0.05, 0.1) is 17.8 Å². The fourth-order valence-corrected chi connectivity index (χ4v) is 6.35. The van der Waals surface area contributed by atoms with Crippen LogP contribution in [0, 0.1) is 17.3 Å². The molecule has 0 bridgehead atoms. The van der Waals surface area contributed by atoms with E-state index < -0.39 is 23.4 Å². The zero-order chi connectivity index (χ0) is 24.3. The van der Waals surface area contributed by atoms with E-state index in [1.165, 1.54) is 38.2 Å². The van der Waals surface area contributed by atoms with Crippen molar-refractivity contribution < 1.29 is 20.4 Å². The van der Waals surface area contributed by atoms with E-state index in [0.717, 1.165) is 31.3 Å². The molecule has 3 aliphatic carbocycles. The molecule has 3 fully saturated rings. The van der Waals surface area contributed by atoms with Gasteiger partial charge in [-0.1, -0.05) is 68.4 Å². The van der Waals surface area contributed by atoms with Crippen LogP contribution in [-0.2, 0) is 0 Å². The van der Waals surface area contributed by atoms with Gasteiger partial charge in [0.25, 0.3) is 0 Å². The Morgan fingerprint density at radius 2 is 1.67 bits per heavy atom. The summed E-state index contributed by atoms with van der Waals surface area (Å²) in [6.45, 7) is 8.02. The van der Waals surface area contributed by atoms with Gasteiger partial charge in [-0.25, -0.2) is 0 Å². The molecule has 0 aliphatic heterocycles. The van der Waals surface area contributed by atoms with Crippen LogP contribution in [0.2, 0.25) is 0 Å². The van der Waals surface area contributed by atoms with Crippen molar-refractivity contribution in [3.8, 4) is 0 Å². The summed E-state index contributed by atoms with van der Waals surface area (Å²) >= 11 is 0. The van der Waals surface area contributed by atoms with Crippen LogP contribution in [0.1, 0.15) is 91.9 Å². The molecule has 0 heterocycles. The van der Waals surface area contributed by atoms with Gasteiger partial charge in [-0.05, 0) is 88.4 Å². The van der Waals surface area contributed by atoms with Gasteiger partial charge >= 0.3 is 0 Å². The second kappa shape index (κ2) is 10.6. The molecule has 4 nitrogen and oxygen atoms in total. The second-order valence-corrected chi connectivity index (χ2v) is 11.3. The molecular formula is C29H46O4. The van der Waals surface area contributed by atoms with E-state index in [2.05, 4.69) is 31.2 Å². The Kier molecular flexibility index (Phi) is 8.48. The predicted molar refractivity (Wildman–Crippen MR) is 135 cm³/mol. The number of rotatable bonds is 7. The molecule has 0 aromatic heterocycles. The minimum absolute atomic E-state index is 0.319. The minimum atomic E-state index is -1.43. The molecule has 4 N–H and O–H groups in total. The zero-order valence-electron chi connectivity index (χ0n) is 21.1. The molecule has 33 heavy (non-hydrogen) atoms. The van der Waals surface area contributed by atoms with Gasteiger partial charge in [-0.15, -0.1) is 0 Å². The molecule has 3 aliphatic rings. The van der Waals surface area contributed by atoms with Gasteiger partial charge in [0.1, 0.15) is 5.60 Å². The van der Waals surface area contributed by atoms with Gasteiger partial charge < -0.3 is 20.4 Å². The van der Waals surface area contributed by atoms with Crippen molar-refractivity contribution in [3.05, 3.63) is 47.6 Å². The molecule has 5 atom stereocenters. The van der Waals surface area contributed by atoms with Crippen LogP contribution in [0.5, 0.6) is 0 Å². The van der Waals surface area contributed by atoms with Crippen LogP contribution in [0.15, 0.2) is 47.6 Å². The Morgan fingerprint density at radius 3 is 2.30 bits per heavy atom. The third-order valence-electron chi connectivity index (χ3n) is 9.25. The standard InChI is InChI=1S/C29H46O4/c1-5-29(33,6-2)18-9-7-8-12-23-15-16-24-22(11-10-17-27(23,24)3)14-13-21-19-25(30)28(4,32)26(31)20-21/h7-9,13-14,18,23-26,30-33H,5-6,10-12,15-17,19-20H2,1-4H3/b8-7+,18-9+,21-13?,22-14+/t23?,24?,25-,26-,27?,28?/m1/s1. The molecule has 0 saturated heterocycles. The summed E-state index contributed by atoms with van der Waals surface area (Å²) < 4.78 is 0. The highest BCUT2D eigenvalue weighted by molar-refractivity contribution is 5.27. The summed E-state index contributed by atoms with van der Waals surface area (Å²) in [6, 6.07) is 0. The first-order chi connectivity index (χ1) is 15.6. The fourth-order valence-electron chi connectivity index (χ4n) is 6.35. The van der Waals surface area contributed by atoms with Crippen LogP contribution in [0.25, 0.3) is 0 Å². The summed E-state index contributed by atoms with van der Waals surface area (Å²) in [4.78, 5) is 0. The average Bonchev–Trinajstić information content (AvgIpc) is 3.12. The molecule has 0 spiro atoms. The number of fused-ring (bicyclic) bond motifs is 1. The highest BCUT2D eigenvalue weighted by Gasteiger charge is 2.48. The maximum atomic E-state index is 10.4. The molecule has 186 valence electrons. The largest absolute Gasteiger partial charge is 0.390 e. The van der Waals surface area contributed by atoms with Crippen molar-refractivity contribution in [1.82, 2.24) is 0 Å². The summed E-state index contributed by atoms with van der Waals surface area (Å²) in [7, 11) is 0. The molecule has 0 radical (unpaired) electrons. The first-order valence-corrected chi connectivity index (χ1v) is 13.1. The molecule has 0 aromatic carbocycles. The molecule has 0 aromatic rings. The first kappa shape index (κ1) is 26.4. The third kappa shape index (κ3) is 5.73. The van der Waals surface area contributed by atoms with E-state index in [0.29, 0.717) is 30.1 Å². The van der Waals surface area contributed by atoms with E-state index in [1.807, 2.05) is 26.0 Å². The van der Waals surface area contributed by atoms with Crippen LogP contribution < -0.4 is 0 Å². The van der Waals surface area contributed by atoms with E-state index >= 15 is 0 Å². The third-order valence-corrected chi connectivity index (χ3v) is 9.25. The number of aliphatic hydroxyl groups is 4. The second-order valence-electron chi connectivity index (χ2n) is 11.3. The summed E-state index contributed by atoms with van der Waals surface area (Å²) in [5.41, 5.74) is 0.733. The molecule has 4 heteroatoms. The SMILES string of the molecule is CCC(O)(/C=C/C=C/CC1CCC2/C(=C/C=C3C[C@@H](O)C(C)(O)[C@H](O)C3)CCCC12C)CC. The Labute approximate surface area is 200 Å². The quantitative estimate of drug-likeness (QED) is 0.386. The van der Waals surface area contributed by atoms with Gasteiger partial charge in [0.2, 0.25) is 0 Å². The van der Waals surface area contributed by atoms with Gasteiger partial charge in [-0.3, -0.25) is 0 Å². The lowest BCUT2D eigenvalue weighted by atomic mass is 9.63. The Balaban J connectivity index is 1.65. The van der Waals surface area contributed by atoms with E-state index in [-0.39, 0.29) is 0 Å². The smallest absolute Gasteiger partial charge is 0.114 e. The highest BCUT2D eigenvalue weighted by atomic mass is 16.4. The van der Waals surface area contributed by atoms with Crippen molar-refractivity contribution in [3.63, 3.8) is 0 Å². The van der Waals surface area contributed by atoms with Crippen molar-refractivity contribution in [2.75, 3.05) is 0 Å². The van der Waals surface area contributed by atoms with E-state index in [4.69, 9.17) is 0 Å². The number of aliphatic hydroxyl groups excluding tert-OH is 2.